The van der Waals surface area contributed by atoms with Crippen LogP contribution in [0.3, 0.4) is 0 Å². The van der Waals surface area contributed by atoms with E-state index < -0.39 is 0 Å². The van der Waals surface area contributed by atoms with Gasteiger partial charge in [0.25, 0.3) is 0 Å². The molecule has 0 amide bonds. The van der Waals surface area contributed by atoms with E-state index in [1.165, 1.54) is 0 Å². The third-order valence-corrected chi connectivity index (χ3v) is 2.46. The summed E-state index contributed by atoms with van der Waals surface area (Å²) >= 11 is 0. The Morgan fingerprint density at radius 2 is 2.00 bits per heavy atom. The van der Waals surface area contributed by atoms with Crippen LogP contribution in [0.25, 0.3) is 0 Å². The van der Waals surface area contributed by atoms with E-state index in [0.29, 0.717) is 0 Å². The fraction of sp³-hybridized carbons (Fsp3) is 1.00. The lowest BCUT2D eigenvalue weighted by atomic mass is 9.94. The zero-order valence-electron chi connectivity index (χ0n) is 7.34. The van der Waals surface area contributed by atoms with Crippen LogP contribution in [0.5, 0.6) is 0 Å². The zero-order valence-corrected chi connectivity index (χ0v) is 7.34. The lowest BCUT2D eigenvalue weighted by Gasteiger charge is -2.37. The molecule has 1 fully saturated rings. The third-order valence-electron chi connectivity index (χ3n) is 2.46. The van der Waals surface area contributed by atoms with Gasteiger partial charge < -0.3 is 14.7 Å². The van der Waals surface area contributed by atoms with Crippen LogP contribution in [0.1, 0.15) is 19.8 Å². The van der Waals surface area contributed by atoms with Gasteiger partial charge in [0.15, 0.2) is 0 Å². The van der Waals surface area contributed by atoms with E-state index in [9.17, 15) is 0 Å². The molecule has 3 heteroatoms. The van der Waals surface area contributed by atoms with Gasteiger partial charge in [-0.25, -0.2) is 0 Å². The fourth-order valence-corrected chi connectivity index (χ4v) is 1.39. The minimum absolute atomic E-state index is 0.0821. The van der Waals surface area contributed by atoms with Crippen molar-refractivity contribution in [1.29, 1.82) is 0 Å². The highest BCUT2D eigenvalue weighted by atomic mass is 16.6. The Balaban J connectivity index is 2.35. The van der Waals surface area contributed by atoms with Gasteiger partial charge in [-0.05, 0) is 26.8 Å². The van der Waals surface area contributed by atoms with Gasteiger partial charge in [-0.1, -0.05) is 0 Å². The van der Waals surface area contributed by atoms with Crippen molar-refractivity contribution < 1.29 is 9.84 Å². The summed E-state index contributed by atoms with van der Waals surface area (Å²) in [6.45, 7) is 4.05. The van der Waals surface area contributed by atoms with E-state index in [1.807, 2.05) is 0 Å². The zero-order chi connectivity index (χ0) is 8.32. The second-order valence-electron chi connectivity index (χ2n) is 3.53. The highest BCUT2D eigenvalue weighted by molar-refractivity contribution is 4.81. The van der Waals surface area contributed by atoms with Gasteiger partial charge in [0.2, 0.25) is 0 Å². The van der Waals surface area contributed by atoms with Crippen LogP contribution >= 0.6 is 0 Å². The largest absolute Gasteiger partial charge is 0.371 e. The number of aliphatic hydroxyl groups excluding tert-OH is 1. The maximum Gasteiger partial charge on any atom is 0.144 e. The summed E-state index contributed by atoms with van der Waals surface area (Å²) in [5.41, 5.74) is -0.0821. The molecule has 0 spiro atoms. The summed E-state index contributed by atoms with van der Waals surface area (Å²) in [5, 5.41) is 8.61. The predicted octanol–water partition coefficient (Wildman–Crippen LogP) is 0.437. The number of hydrogen-bond acceptors (Lipinski definition) is 3. The van der Waals surface area contributed by atoms with E-state index >= 15 is 0 Å². The van der Waals surface area contributed by atoms with Crippen LogP contribution in [0.4, 0.5) is 0 Å². The topological polar surface area (TPSA) is 32.7 Å². The molecule has 3 nitrogen and oxygen atoms in total. The first-order valence-corrected chi connectivity index (χ1v) is 4.10. The molecule has 0 unspecified atom stereocenters. The Hall–Kier alpha value is -0.120. The number of piperidine rings is 1. The predicted molar refractivity (Wildman–Crippen MR) is 43.3 cm³/mol. The standard InChI is InChI=1S/C8H17NO2/c1-8(11-7-10)3-5-9(2)6-4-8/h10H,3-7H2,1-2H3. The summed E-state index contributed by atoms with van der Waals surface area (Å²) in [5.74, 6) is 0. The summed E-state index contributed by atoms with van der Waals surface area (Å²) in [7, 11) is 2.11. The Bertz CT molecular complexity index is 119. The number of hydrogen-bond donors (Lipinski definition) is 1. The molecular formula is C8H17NO2. The van der Waals surface area contributed by atoms with Gasteiger partial charge in [0.05, 0.1) is 5.60 Å². The Morgan fingerprint density at radius 3 is 2.45 bits per heavy atom. The molecule has 1 aliphatic heterocycles. The first-order chi connectivity index (χ1) is 5.16. The van der Waals surface area contributed by atoms with Crippen LogP contribution < -0.4 is 0 Å². The molecule has 0 aliphatic carbocycles. The van der Waals surface area contributed by atoms with E-state index in [-0.39, 0.29) is 12.4 Å². The molecule has 1 aliphatic rings. The van der Waals surface area contributed by atoms with Gasteiger partial charge in [-0.3, -0.25) is 0 Å². The summed E-state index contributed by atoms with van der Waals surface area (Å²) in [4.78, 5) is 2.28. The van der Waals surface area contributed by atoms with Crippen LogP contribution in [-0.4, -0.2) is 42.5 Å². The van der Waals surface area contributed by atoms with Crippen molar-refractivity contribution in [2.75, 3.05) is 26.9 Å². The number of nitrogens with zero attached hydrogens (tertiary/aromatic N) is 1. The second-order valence-corrected chi connectivity index (χ2v) is 3.53. The summed E-state index contributed by atoms with van der Waals surface area (Å²) in [6, 6.07) is 0. The van der Waals surface area contributed by atoms with Crippen LogP contribution in [0.15, 0.2) is 0 Å². The maximum absolute atomic E-state index is 8.61. The molecule has 0 aromatic heterocycles. The van der Waals surface area contributed by atoms with Gasteiger partial charge in [-0.2, -0.15) is 0 Å². The first kappa shape index (κ1) is 8.97. The molecule has 0 aromatic carbocycles. The number of rotatable bonds is 2. The summed E-state index contributed by atoms with van der Waals surface area (Å²) in [6.07, 6.45) is 2.04. The van der Waals surface area contributed by atoms with Crippen molar-refractivity contribution >= 4 is 0 Å². The van der Waals surface area contributed by atoms with Gasteiger partial charge in [-0.15, -0.1) is 0 Å². The molecule has 11 heavy (non-hydrogen) atoms. The minimum atomic E-state index is -0.153. The second kappa shape index (κ2) is 3.52. The van der Waals surface area contributed by atoms with E-state index in [4.69, 9.17) is 9.84 Å². The summed E-state index contributed by atoms with van der Waals surface area (Å²) < 4.78 is 5.25. The molecule has 0 atom stereocenters. The normalized spacial score (nSPS) is 25.4. The van der Waals surface area contributed by atoms with E-state index in [1.54, 1.807) is 0 Å². The fourth-order valence-electron chi connectivity index (χ4n) is 1.39. The highest BCUT2D eigenvalue weighted by Crippen LogP contribution is 2.24. The molecule has 0 bridgehead atoms. The van der Waals surface area contributed by atoms with Gasteiger partial charge in [0, 0.05) is 13.1 Å². The van der Waals surface area contributed by atoms with Crippen LogP contribution in [0.2, 0.25) is 0 Å². The Morgan fingerprint density at radius 1 is 1.45 bits per heavy atom. The molecule has 66 valence electrons. The molecule has 1 rings (SSSR count). The number of likely N-dealkylation sites (tertiary alicyclic amines) is 1. The third kappa shape index (κ3) is 2.43. The van der Waals surface area contributed by atoms with Gasteiger partial charge >= 0.3 is 0 Å². The maximum atomic E-state index is 8.61. The molecular weight excluding hydrogens is 142 g/mol. The molecule has 0 radical (unpaired) electrons. The van der Waals surface area contributed by atoms with Crippen molar-refractivity contribution in [2.45, 2.75) is 25.4 Å². The highest BCUT2D eigenvalue weighted by Gasteiger charge is 2.28. The monoisotopic (exact) mass is 159 g/mol. The average Bonchev–Trinajstić information content (AvgIpc) is 1.97. The number of aliphatic hydroxyl groups is 1. The average molecular weight is 159 g/mol. The van der Waals surface area contributed by atoms with Crippen molar-refractivity contribution in [2.24, 2.45) is 0 Å². The molecule has 0 aromatic rings. The van der Waals surface area contributed by atoms with Crippen molar-refractivity contribution in [3.05, 3.63) is 0 Å². The van der Waals surface area contributed by atoms with Crippen LogP contribution in [0, 0.1) is 0 Å². The molecule has 1 N–H and O–H groups in total. The van der Waals surface area contributed by atoms with E-state index in [2.05, 4.69) is 18.9 Å². The van der Waals surface area contributed by atoms with Crippen LogP contribution in [-0.2, 0) is 4.74 Å². The SMILES string of the molecule is CN1CCC(C)(OCO)CC1. The smallest absolute Gasteiger partial charge is 0.144 e. The van der Waals surface area contributed by atoms with Crippen molar-refractivity contribution in [3.63, 3.8) is 0 Å². The quantitative estimate of drug-likeness (QED) is 0.593. The minimum Gasteiger partial charge on any atom is -0.371 e. The lowest BCUT2D eigenvalue weighted by Crippen LogP contribution is -2.42. The number of ether oxygens (including phenoxy) is 1. The lowest BCUT2D eigenvalue weighted by molar-refractivity contribution is -0.128. The Kier molecular flexibility index (Phi) is 2.87. The van der Waals surface area contributed by atoms with Crippen molar-refractivity contribution in [3.8, 4) is 0 Å². The Labute approximate surface area is 68.0 Å². The molecule has 1 saturated heterocycles. The molecule has 1 heterocycles. The van der Waals surface area contributed by atoms with E-state index in [0.717, 1.165) is 25.9 Å². The molecule has 0 saturated carbocycles. The van der Waals surface area contributed by atoms with Gasteiger partial charge in [0.1, 0.15) is 6.79 Å². The van der Waals surface area contributed by atoms with Crippen molar-refractivity contribution in [1.82, 2.24) is 4.90 Å². The first-order valence-electron chi connectivity index (χ1n) is 4.10.